The fraction of sp³-hybridized carbons (Fsp3) is 0.0357. The summed E-state index contributed by atoms with van der Waals surface area (Å²) in [6.45, 7) is 1.79. The van der Waals surface area contributed by atoms with Crippen LogP contribution in [-0.2, 0) is 0 Å². The zero-order valence-corrected chi connectivity index (χ0v) is 17.8. The Labute approximate surface area is 191 Å². The Morgan fingerprint density at radius 2 is 1.70 bits per heavy atom. The number of hydrogen-bond acceptors (Lipinski definition) is 5. The van der Waals surface area contributed by atoms with E-state index < -0.39 is 5.97 Å². The molecule has 0 bridgehead atoms. The maximum Gasteiger partial charge on any atom is 0.345 e. The average Bonchev–Trinajstić information content (AvgIpc) is 3.16. The third-order valence-corrected chi connectivity index (χ3v) is 5.37. The molecule has 0 atom stereocenters. The molecular weight excluding hydrogens is 414 g/mol. The Balaban J connectivity index is 1.37. The van der Waals surface area contributed by atoms with Crippen LogP contribution in [0.3, 0.4) is 0 Å². The Kier molecular flexibility index (Phi) is 5.29. The van der Waals surface area contributed by atoms with E-state index in [1.165, 1.54) is 6.20 Å². The van der Waals surface area contributed by atoms with Crippen molar-refractivity contribution in [2.24, 2.45) is 0 Å². The van der Waals surface area contributed by atoms with Crippen molar-refractivity contribution in [2.75, 3.05) is 0 Å². The minimum Gasteiger partial charge on any atom is -0.452 e. The van der Waals surface area contributed by atoms with Crippen molar-refractivity contribution in [1.82, 2.24) is 4.98 Å². The maximum atomic E-state index is 13.0. The van der Waals surface area contributed by atoms with Crippen molar-refractivity contribution in [3.8, 4) is 22.6 Å². The van der Waals surface area contributed by atoms with Gasteiger partial charge in [-0.3, -0.25) is 9.78 Å². The van der Waals surface area contributed by atoms with E-state index >= 15 is 0 Å². The molecule has 0 fully saturated rings. The van der Waals surface area contributed by atoms with Crippen LogP contribution in [0.25, 0.3) is 17.2 Å². The molecule has 0 spiro atoms. The van der Waals surface area contributed by atoms with Crippen LogP contribution in [0, 0.1) is 6.92 Å². The van der Waals surface area contributed by atoms with Crippen LogP contribution < -0.4 is 9.47 Å². The van der Waals surface area contributed by atoms with Gasteiger partial charge in [0, 0.05) is 18.5 Å². The van der Waals surface area contributed by atoms with Crippen LogP contribution in [0.2, 0.25) is 0 Å². The minimum atomic E-state index is -0.527. The molecule has 0 N–H and O–H groups in total. The minimum absolute atomic E-state index is 0.195. The summed E-state index contributed by atoms with van der Waals surface area (Å²) in [6, 6.07) is 24.5. The fourth-order valence-corrected chi connectivity index (χ4v) is 3.74. The van der Waals surface area contributed by atoms with Crippen molar-refractivity contribution >= 4 is 17.8 Å². The lowest BCUT2D eigenvalue weighted by molar-refractivity contribution is 0.0734. The van der Waals surface area contributed by atoms with E-state index in [0.29, 0.717) is 28.2 Å². The molecule has 33 heavy (non-hydrogen) atoms. The molecule has 5 heteroatoms. The second-order valence-electron chi connectivity index (χ2n) is 7.67. The highest BCUT2D eigenvalue weighted by Gasteiger charge is 2.30. The molecule has 4 aromatic rings. The van der Waals surface area contributed by atoms with E-state index in [2.05, 4.69) is 17.1 Å². The second kappa shape index (κ2) is 8.55. The predicted molar refractivity (Wildman–Crippen MR) is 125 cm³/mol. The Bertz CT molecular complexity index is 1380. The number of esters is 1. The number of hydrogen-bond donors (Lipinski definition) is 0. The van der Waals surface area contributed by atoms with Gasteiger partial charge in [0.2, 0.25) is 5.78 Å². The number of ether oxygens (including phenoxy) is 2. The third kappa shape index (κ3) is 4.16. The average molecular weight is 433 g/mol. The van der Waals surface area contributed by atoms with E-state index in [4.69, 9.17) is 9.47 Å². The summed E-state index contributed by atoms with van der Waals surface area (Å²) in [5.41, 5.74) is 4.56. The highest BCUT2D eigenvalue weighted by Crippen LogP contribution is 2.37. The summed E-state index contributed by atoms with van der Waals surface area (Å²) in [4.78, 5) is 29.2. The zero-order valence-electron chi connectivity index (χ0n) is 17.8. The highest BCUT2D eigenvalue weighted by molar-refractivity contribution is 6.15. The van der Waals surface area contributed by atoms with Gasteiger partial charge < -0.3 is 9.47 Å². The van der Waals surface area contributed by atoms with Crippen molar-refractivity contribution in [2.45, 2.75) is 6.92 Å². The quantitative estimate of drug-likeness (QED) is 0.228. The summed E-state index contributed by atoms with van der Waals surface area (Å²) in [6.07, 6.45) is 4.74. The monoisotopic (exact) mass is 433 g/mol. The Morgan fingerprint density at radius 3 is 2.42 bits per heavy atom. The number of benzene rings is 3. The number of carbonyl (C=O) groups excluding carboxylic acids is 2. The molecule has 3 aromatic carbocycles. The SMILES string of the molecule is Cc1cc(OC(=O)c2cccnc2)cc2c1C(=O)/C(=C/c1ccc(-c3ccccc3)cc1)O2. The smallest absolute Gasteiger partial charge is 0.345 e. The van der Waals surface area contributed by atoms with Crippen molar-refractivity contribution in [3.05, 3.63) is 119 Å². The van der Waals surface area contributed by atoms with E-state index in [-0.39, 0.29) is 11.5 Å². The van der Waals surface area contributed by atoms with Gasteiger partial charge in [0.1, 0.15) is 11.5 Å². The summed E-state index contributed by atoms with van der Waals surface area (Å²) in [5, 5.41) is 0. The van der Waals surface area contributed by atoms with Gasteiger partial charge in [0.25, 0.3) is 0 Å². The Morgan fingerprint density at radius 1 is 0.939 bits per heavy atom. The number of Topliss-reactive ketones (excluding diaryl/α,β-unsaturated/α-hetero) is 1. The van der Waals surface area contributed by atoms with Gasteiger partial charge in [-0.15, -0.1) is 0 Å². The first-order chi connectivity index (χ1) is 16.1. The number of ketones is 1. The number of nitrogens with zero attached hydrogens (tertiary/aromatic N) is 1. The predicted octanol–water partition coefficient (Wildman–Crippen LogP) is 5.89. The van der Waals surface area contributed by atoms with Gasteiger partial charge in [-0.25, -0.2) is 4.79 Å². The standard InChI is InChI=1S/C28H19NO4/c1-18-14-23(32-28(31)22-8-5-13-29-17-22)16-24-26(18)27(30)25(33-24)15-19-9-11-21(12-10-19)20-6-3-2-4-7-20/h2-17H,1H3/b25-15-. The molecule has 0 unspecified atom stereocenters. The molecule has 2 heterocycles. The number of rotatable bonds is 4. The van der Waals surface area contributed by atoms with Crippen molar-refractivity contribution in [1.29, 1.82) is 0 Å². The van der Waals surface area contributed by atoms with Gasteiger partial charge in [0.15, 0.2) is 5.76 Å². The molecule has 0 amide bonds. The van der Waals surface area contributed by atoms with Gasteiger partial charge in [0.05, 0.1) is 11.1 Å². The molecule has 0 radical (unpaired) electrons. The molecule has 0 saturated heterocycles. The lowest BCUT2D eigenvalue weighted by atomic mass is 10.0. The summed E-state index contributed by atoms with van der Waals surface area (Å²) >= 11 is 0. The molecule has 160 valence electrons. The van der Waals surface area contributed by atoms with Crippen LogP contribution in [0.5, 0.6) is 11.5 Å². The zero-order chi connectivity index (χ0) is 22.8. The number of allylic oxidation sites excluding steroid dienone is 1. The molecule has 0 saturated carbocycles. The van der Waals surface area contributed by atoms with E-state index in [0.717, 1.165) is 16.7 Å². The lowest BCUT2D eigenvalue weighted by Crippen LogP contribution is -2.09. The first-order valence-electron chi connectivity index (χ1n) is 10.4. The van der Waals surface area contributed by atoms with Gasteiger partial charge >= 0.3 is 5.97 Å². The van der Waals surface area contributed by atoms with Gasteiger partial charge in [-0.05, 0) is 53.5 Å². The molecule has 5 rings (SSSR count). The lowest BCUT2D eigenvalue weighted by Gasteiger charge is -2.07. The first-order valence-corrected chi connectivity index (χ1v) is 10.4. The van der Waals surface area contributed by atoms with E-state index in [1.807, 2.05) is 42.5 Å². The Hall–Kier alpha value is -4.51. The van der Waals surface area contributed by atoms with Crippen LogP contribution in [0.4, 0.5) is 0 Å². The van der Waals surface area contributed by atoms with Crippen LogP contribution >= 0.6 is 0 Å². The molecular formula is C28H19NO4. The normalized spacial score (nSPS) is 13.5. The summed E-state index contributed by atoms with van der Waals surface area (Å²) in [5.74, 6) is 0.194. The first kappa shape index (κ1) is 20.4. The van der Waals surface area contributed by atoms with Crippen LogP contribution in [0.1, 0.15) is 31.8 Å². The topological polar surface area (TPSA) is 65.5 Å². The molecule has 1 aromatic heterocycles. The number of carbonyl (C=O) groups is 2. The largest absolute Gasteiger partial charge is 0.452 e. The number of fused-ring (bicyclic) bond motifs is 1. The molecule has 1 aliphatic rings. The van der Waals surface area contributed by atoms with E-state index in [1.54, 1.807) is 43.5 Å². The van der Waals surface area contributed by atoms with Gasteiger partial charge in [-0.2, -0.15) is 0 Å². The van der Waals surface area contributed by atoms with Gasteiger partial charge in [-0.1, -0.05) is 54.6 Å². The summed E-state index contributed by atoms with van der Waals surface area (Å²) in [7, 11) is 0. The molecule has 5 nitrogen and oxygen atoms in total. The second-order valence-corrected chi connectivity index (χ2v) is 7.67. The molecule has 0 aliphatic carbocycles. The van der Waals surface area contributed by atoms with Crippen molar-refractivity contribution in [3.63, 3.8) is 0 Å². The third-order valence-electron chi connectivity index (χ3n) is 5.37. The van der Waals surface area contributed by atoms with Crippen molar-refractivity contribution < 1.29 is 19.1 Å². The summed E-state index contributed by atoms with van der Waals surface area (Å²) < 4.78 is 11.3. The number of aryl methyl sites for hydroxylation is 1. The fourth-order valence-electron chi connectivity index (χ4n) is 3.74. The molecule has 1 aliphatic heterocycles. The number of aromatic nitrogens is 1. The van der Waals surface area contributed by atoms with E-state index in [9.17, 15) is 9.59 Å². The highest BCUT2D eigenvalue weighted by atomic mass is 16.5. The van der Waals surface area contributed by atoms with Crippen LogP contribution in [0.15, 0.2) is 97.0 Å². The van der Waals surface area contributed by atoms with Crippen LogP contribution in [-0.4, -0.2) is 16.7 Å². The maximum absolute atomic E-state index is 13.0. The number of pyridine rings is 1.